The molecule has 0 saturated carbocycles. The maximum Gasteiger partial charge on any atom is 0.145 e. The lowest BCUT2D eigenvalue weighted by atomic mass is 10.1. The average Bonchev–Trinajstić information content (AvgIpc) is 2.66. The zero-order valence-corrected chi connectivity index (χ0v) is 8.19. The Morgan fingerprint density at radius 1 is 1.53 bits per heavy atom. The molecular weight excluding hydrogens is 198 g/mol. The molecule has 0 saturated heterocycles. The van der Waals surface area contributed by atoms with Gasteiger partial charge in [0.05, 0.1) is 5.70 Å². The van der Waals surface area contributed by atoms with Gasteiger partial charge in [0.15, 0.2) is 0 Å². The molecule has 0 radical (unpaired) electrons. The number of nitrogens with two attached hydrogens (primary N) is 1. The summed E-state index contributed by atoms with van der Waals surface area (Å²) in [6.07, 6.45) is 3.55. The lowest BCUT2D eigenvalue weighted by molar-refractivity contribution is 0.617. The molecule has 0 amide bonds. The van der Waals surface area contributed by atoms with Gasteiger partial charge in [0, 0.05) is 24.4 Å². The van der Waals surface area contributed by atoms with Crippen LogP contribution in [0.25, 0.3) is 0 Å². The lowest BCUT2D eigenvalue weighted by Crippen LogP contribution is -1.99. The van der Waals surface area contributed by atoms with Crippen LogP contribution in [0.1, 0.15) is 6.42 Å². The van der Waals surface area contributed by atoms with E-state index in [4.69, 9.17) is 5.73 Å². The van der Waals surface area contributed by atoms with Crippen LogP contribution in [0.3, 0.4) is 0 Å². The molecule has 2 nitrogen and oxygen atoms in total. The smallest absolute Gasteiger partial charge is 0.145 e. The monoisotopic (exact) mass is 210 g/mol. The van der Waals surface area contributed by atoms with Gasteiger partial charge >= 0.3 is 0 Å². The molecule has 4 heteroatoms. The summed E-state index contributed by atoms with van der Waals surface area (Å²) in [6.45, 7) is 6.71. The highest BCUT2D eigenvalue weighted by Gasteiger charge is 2.14. The summed E-state index contributed by atoms with van der Waals surface area (Å²) in [5.74, 6) is -1.39. The first-order valence-electron chi connectivity index (χ1n) is 4.33. The van der Waals surface area contributed by atoms with Crippen LogP contribution in [0.2, 0.25) is 0 Å². The van der Waals surface area contributed by atoms with Crippen molar-refractivity contribution in [2.24, 2.45) is 5.73 Å². The summed E-state index contributed by atoms with van der Waals surface area (Å²) < 4.78 is 26.0. The SMILES string of the molecule is C=C/C(F)=C\C(F)=C1/CC(C(=C)N)=CN1. The van der Waals surface area contributed by atoms with Gasteiger partial charge in [-0.1, -0.05) is 13.2 Å². The van der Waals surface area contributed by atoms with Crippen molar-refractivity contribution in [2.75, 3.05) is 0 Å². The van der Waals surface area contributed by atoms with E-state index in [2.05, 4.69) is 18.5 Å². The predicted molar refractivity (Wildman–Crippen MR) is 56.7 cm³/mol. The van der Waals surface area contributed by atoms with E-state index in [0.717, 1.165) is 12.2 Å². The maximum atomic E-state index is 13.3. The van der Waals surface area contributed by atoms with Crippen molar-refractivity contribution < 1.29 is 8.78 Å². The van der Waals surface area contributed by atoms with Gasteiger partial charge in [-0.25, -0.2) is 8.78 Å². The van der Waals surface area contributed by atoms with E-state index < -0.39 is 11.7 Å². The summed E-state index contributed by atoms with van der Waals surface area (Å²) in [5, 5.41) is 2.67. The van der Waals surface area contributed by atoms with Crippen molar-refractivity contribution in [3.05, 3.63) is 60.1 Å². The Labute approximate surface area is 87.2 Å². The summed E-state index contributed by atoms with van der Waals surface area (Å²) in [6, 6.07) is 0. The molecule has 0 spiro atoms. The summed E-state index contributed by atoms with van der Waals surface area (Å²) in [7, 11) is 0. The first-order chi connectivity index (χ1) is 7.04. The van der Waals surface area contributed by atoms with Crippen LogP contribution in [0.15, 0.2) is 60.1 Å². The van der Waals surface area contributed by atoms with E-state index in [0.29, 0.717) is 17.7 Å². The van der Waals surface area contributed by atoms with Gasteiger partial charge in [-0.2, -0.15) is 0 Å². The topological polar surface area (TPSA) is 38.0 Å². The van der Waals surface area contributed by atoms with Crippen molar-refractivity contribution in [3.63, 3.8) is 0 Å². The molecule has 80 valence electrons. The van der Waals surface area contributed by atoms with Gasteiger partial charge in [-0.05, 0) is 11.6 Å². The molecule has 0 fully saturated rings. The molecule has 1 aliphatic rings. The second-order valence-corrected chi connectivity index (χ2v) is 3.08. The zero-order chi connectivity index (χ0) is 11.4. The molecule has 0 bridgehead atoms. The third-order valence-electron chi connectivity index (χ3n) is 1.95. The third-order valence-corrected chi connectivity index (χ3v) is 1.95. The third kappa shape index (κ3) is 2.80. The molecule has 0 aliphatic carbocycles. The van der Waals surface area contributed by atoms with Crippen molar-refractivity contribution in [1.29, 1.82) is 0 Å². The van der Waals surface area contributed by atoms with Gasteiger partial charge in [0.2, 0.25) is 0 Å². The highest BCUT2D eigenvalue weighted by atomic mass is 19.1. The van der Waals surface area contributed by atoms with Crippen LogP contribution < -0.4 is 11.1 Å². The van der Waals surface area contributed by atoms with E-state index in [1.807, 2.05) is 0 Å². The Kier molecular flexibility index (Phi) is 3.44. The lowest BCUT2D eigenvalue weighted by Gasteiger charge is -2.00. The number of nitrogens with one attached hydrogen (secondary N) is 1. The minimum absolute atomic E-state index is 0.272. The van der Waals surface area contributed by atoms with Crippen LogP contribution in [0.5, 0.6) is 0 Å². The molecular formula is C11H12F2N2. The summed E-state index contributed by atoms with van der Waals surface area (Å²) in [4.78, 5) is 0. The molecule has 0 aromatic rings. The van der Waals surface area contributed by atoms with E-state index in [1.165, 1.54) is 0 Å². The van der Waals surface area contributed by atoms with Gasteiger partial charge in [-0.15, -0.1) is 0 Å². The fraction of sp³-hybridized carbons (Fsp3) is 0.0909. The second-order valence-electron chi connectivity index (χ2n) is 3.08. The van der Waals surface area contributed by atoms with Gasteiger partial charge in [0.25, 0.3) is 0 Å². The normalized spacial score (nSPS) is 19.3. The Hall–Kier alpha value is -1.84. The second kappa shape index (κ2) is 4.59. The van der Waals surface area contributed by atoms with Crippen LogP contribution >= 0.6 is 0 Å². The highest BCUT2D eigenvalue weighted by molar-refractivity contribution is 5.39. The largest absolute Gasteiger partial charge is 0.399 e. The zero-order valence-electron chi connectivity index (χ0n) is 8.19. The van der Waals surface area contributed by atoms with Gasteiger partial charge < -0.3 is 11.1 Å². The molecule has 0 aromatic carbocycles. The number of allylic oxidation sites excluding steroid dienone is 6. The highest BCUT2D eigenvalue weighted by Crippen LogP contribution is 2.23. The Balaban J connectivity index is 2.81. The van der Waals surface area contributed by atoms with Crippen LogP contribution in [0, 0.1) is 0 Å². The molecule has 3 N–H and O–H groups in total. The first kappa shape index (κ1) is 11.2. The van der Waals surface area contributed by atoms with Crippen molar-refractivity contribution >= 4 is 0 Å². The number of hydrogen-bond acceptors (Lipinski definition) is 2. The first-order valence-corrected chi connectivity index (χ1v) is 4.33. The number of halogens is 2. The molecule has 1 heterocycles. The summed E-state index contributed by atoms with van der Waals surface area (Å²) in [5.41, 5.74) is 6.78. The van der Waals surface area contributed by atoms with Crippen LogP contribution in [0.4, 0.5) is 8.78 Å². The molecule has 1 aliphatic heterocycles. The fourth-order valence-corrected chi connectivity index (χ4v) is 1.09. The van der Waals surface area contributed by atoms with Gasteiger partial charge in [-0.3, -0.25) is 0 Å². The molecule has 0 aromatic heterocycles. The van der Waals surface area contributed by atoms with Crippen molar-refractivity contribution in [3.8, 4) is 0 Å². The molecule has 0 atom stereocenters. The molecule has 1 rings (SSSR count). The maximum absolute atomic E-state index is 13.3. The number of rotatable bonds is 3. The van der Waals surface area contributed by atoms with Crippen LogP contribution in [-0.4, -0.2) is 0 Å². The van der Waals surface area contributed by atoms with E-state index in [1.54, 1.807) is 6.20 Å². The fourth-order valence-electron chi connectivity index (χ4n) is 1.09. The van der Waals surface area contributed by atoms with Crippen molar-refractivity contribution in [1.82, 2.24) is 5.32 Å². The Morgan fingerprint density at radius 3 is 2.67 bits per heavy atom. The number of hydrogen-bond donors (Lipinski definition) is 2. The minimum atomic E-state index is -0.721. The molecule has 15 heavy (non-hydrogen) atoms. The van der Waals surface area contributed by atoms with E-state index in [-0.39, 0.29) is 5.70 Å². The predicted octanol–water partition coefficient (Wildman–Crippen LogP) is 2.56. The Morgan fingerprint density at radius 2 is 2.20 bits per heavy atom. The van der Waals surface area contributed by atoms with E-state index >= 15 is 0 Å². The van der Waals surface area contributed by atoms with E-state index in [9.17, 15) is 8.78 Å². The molecule has 0 unspecified atom stereocenters. The van der Waals surface area contributed by atoms with Gasteiger partial charge in [0.1, 0.15) is 11.7 Å². The van der Waals surface area contributed by atoms with Crippen LogP contribution in [-0.2, 0) is 0 Å². The van der Waals surface area contributed by atoms with Crippen molar-refractivity contribution in [2.45, 2.75) is 6.42 Å². The standard InChI is InChI=1S/C11H12F2N2/c1-3-9(12)5-10(13)11-4-8(6-15-11)7(2)14/h3,5-6,15H,1-2,4,14H2/b9-5+,11-10-. The quantitative estimate of drug-likeness (QED) is 0.702. The minimum Gasteiger partial charge on any atom is -0.399 e. The Bertz CT molecular complexity index is 389. The summed E-state index contributed by atoms with van der Waals surface area (Å²) >= 11 is 0. The average molecular weight is 210 g/mol.